The van der Waals surface area contributed by atoms with Gasteiger partial charge in [0.25, 0.3) is 5.69 Å². The second-order valence-corrected chi connectivity index (χ2v) is 9.55. The van der Waals surface area contributed by atoms with E-state index in [9.17, 15) is 14.9 Å². The van der Waals surface area contributed by atoms with Crippen molar-refractivity contribution in [2.75, 3.05) is 36.0 Å². The third-order valence-electron chi connectivity index (χ3n) is 7.64. The SMILES string of the molecule is O=C(C1Cc2cc([N+](=O)[O-])ccc2N2CCN(c3ccccn3)CC12)N1CCc2ccccc2C1. The first-order valence-electron chi connectivity index (χ1n) is 12.1. The van der Waals surface area contributed by atoms with Gasteiger partial charge < -0.3 is 14.7 Å². The zero-order chi connectivity index (χ0) is 23.9. The number of carbonyl (C=O) groups is 1. The number of non-ortho nitro benzene ring substituents is 1. The number of hydrogen-bond acceptors (Lipinski definition) is 6. The number of benzene rings is 2. The molecule has 0 spiro atoms. The molecule has 3 aliphatic heterocycles. The second kappa shape index (κ2) is 8.69. The van der Waals surface area contributed by atoms with Gasteiger partial charge in [-0.2, -0.15) is 0 Å². The molecule has 2 aromatic carbocycles. The van der Waals surface area contributed by atoms with E-state index in [1.807, 2.05) is 41.3 Å². The third-order valence-corrected chi connectivity index (χ3v) is 7.64. The number of carbonyl (C=O) groups excluding carboxylic acids is 1. The van der Waals surface area contributed by atoms with E-state index in [2.05, 4.69) is 26.9 Å². The maximum absolute atomic E-state index is 14.0. The van der Waals surface area contributed by atoms with Gasteiger partial charge in [0, 0.05) is 56.7 Å². The Kier molecular flexibility index (Phi) is 5.36. The topological polar surface area (TPSA) is 82.8 Å². The highest BCUT2D eigenvalue weighted by Gasteiger charge is 2.44. The Bertz CT molecular complexity index is 1280. The molecule has 1 amide bonds. The van der Waals surface area contributed by atoms with Gasteiger partial charge in [-0.25, -0.2) is 4.98 Å². The molecular weight excluding hydrogens is 442 g/mol. The highest BCUT2D eigenvalue weighted by molar-refractivity contribution is 5.83. The van der Waals surface area contributed by atoms with Crippen LogP contribution >= 0.6 is 0 Å². The fraction of sp³-hybridized carbons (Fsp3) is 0.333. The lowest BCUT2D eigenvalue weighted by Crippen LogP contribution is -2.61. The number of nitro benzene ring substituents is 1. The van der Waals surface area contributed by atoms with Gasteiger partial charge >= 0.3 is 0 Å². The van der Waals surface area contributed by atoms with Crippen LogP contribution in [0.3, 0.4) is 0 Å². The second-order valence-electron chi connectivity index (χ2n) is 9.55. The summed E-state index contributed by atoms with van der Waals surface area (Å²) in [4.78, 5) is 36.2. The minimum Gasteiger partial charge on any atom is -0.364 e. The number of fused-ring (bicyclic) bond motifs is 4. The number of nitro groups is 1. The van der Waals surface area contributed by atoms with Crippen LogP contribution in [0.1, 0.15) is 16.7 Å². The zero-order valence-corrected chi connectivity index (χ0v) is 19.4. The number of amides is 1. The zero-order valence-electron chi connectivity index (χ0n) is 19.4. The average Bonchev–Trinajstić information content (AvgIpc) is 2.91. The monoisotopic (exact) mass is 469 g/mol. The van der Waals surface area contributed by atoms with Crippen LogP contribution in [0.5, 0.6) is 0 Å². The van der Waals surface area contributed by atoms with Crippen LogP contribution in [-0.4, -0.2) is 52.9 Å². The molecule has 3 aromatic rings. The molecule has 1 saturated heterocycles. The van der Waals surface area contributed by atoms with E-state index < -0.39 is 0 Å². The number of nitrogens with zero attached hydrogens (tertiary/aromatic N) is 5. The molecule has 6 rings (SSSR count). The molecule has 8 heteroatoms. The highest BCUT2D eigenvalue weighted by atomic mass is 16.6. The molecule has 2 unspecified atom stereocenters. The lowest BCUT2D eigenvalue weighted by Gasteiger charge is -2.50. The van der Waals surface area contributed by atoms with Crippen molar-refractivity contribution in [2.45, 2.75) is 25.4 Å². The maximum atomic E-state index is 14.0. The largest absolute Gasteiger partial charge is 0.364 e. The molecule has 0 bridgehead atoms. The van der Waals surface area contributed by atoms with Gasteiger partial charge in [-0.05, 0) is 47.7 Å². The number of anilines is 2. The Morgan fingerprint density at radius 2 is 1.80 bits per heavy atom. The summed E-state index contributed by atoms with van der Waals surface area (Å²) in [6.07, 6.45) is 3.15. The van der Waals surface area contributed by atoms with Crippen LogP contribution in [0.25, 0.3) is 0 Å². The Balaban J connectivity index is 1.34. The van der Waals surface area contributed by atoms with Gasteiger partial charge in [0.2, 0.25) is 5.91 Å². The summed E-state index contributed by atoms with van der Waals surface area (Å²) in [5, 5.41) is 11.5. The Morgan fingerprint density at radius 3 is 2.60 bits per heavy atom. The van der Waals surface area contributed by atoms with Crippen molar-refractivity contribution in [3.8, 4) is 0 Å². The summed E-state index contributed by atoms with van der Waals surface area (Å²) in [5.74, 6) is 0.774. The first kappa shape index (κ1) is 21.6. The summed E-state index contributed by atoms with van der Waals surface area (Å²) < 4.78 is 0. The molecule has 178 valence electrons. The fourth-order valence-corrected chi connectivity index (χ4v) is 5.87. The van der Waals surface area contributed by atoms with E-state index in [-0.39, 0.29) is 28.5 Å². The normalized spacial score (nSPS) is 21.1. The molecule has 1 aromatic heterocycles. The van der Waals surface area contributed by atoms with E-state index in [1.165, 1.54) is 11.1 Å². The van der Waals surface area contributed by atoms with E-state index >= 15 is 0 Å². The summed E-state index contributed by atoms with van der Waals surface area (Å²) >= 11 is 0. The van der Waals surface area contributed by atoms with Crippen molar-refractivity contribution in [1.29, 1.82) is 0 Å². The maximum Gasteiger partial charge on any atom is 0.269 e. The van der Waals surface area contributed by atoms with Crippen LogP contribution in [0.2, 0.25) is 0 Å². The molecule has 0 aliphatic carbocycles. The number of aromatic nitrogens is 1. The number of pyridine rings is 1. The van der Waals surface area contributed by atoms with E-state index in [1.54, 1.807) is 18.3 Å². The van der Waals surface area contributed by atoms with Gasteiger partial charge in [0.15, 0.2) is 0 Å². The smallest absolute Gasteiger partial charge is 0.269 e. The lowest BCUT2D eigenvalue weighted by molar-refractivity contribution is -0.384. The Morgan fingerprint density at radius 1 is 0.971 bits per heavy atom. The third kappa shape index (κ3) is 3.88. The van der Waals surface area contributed by atoms with Crippen LogP contribution in [0, 0.1) is 16.0 Å². The van der Waals surface area contributed by atoms with Crippen molar-refractivity contribution in [1.82, 2.24) is 9.88 Å². The molecule has 1 fully saturated rings. The van der Waals surface area contributed by atoms with Crippen LogP contribution in [0.4, 0.5) is 17.2 Å². The molecule has 0 radical (unpaired) electrons. The first-order valence-corrected chi connectivity index (χ1v) is 12.1. The number of rotatable bonds is 3. The highest BCUT2D eigenvalue weighted by Crippen LogP contribution is 2.39. The predicted molar refractivity (Wildman–Crippen MR) is 133 cm³/mol. The average molecular weight is 470 g/mol. The van der Waals surface area contributed by atoms with E-state index in [0.29, 0.717) is 26.1 Å². The van der Waals surface area contributed by atoms with Crippen molar-refractivity contribution < 1.29 is 9.72 Å². The van der Waals surface area contributed by atoms with Crippen molar-refractivity contribution in [3.63, 3.8) is 0 Å². The van der Waals surface area contributed by atoms with E-state index in [4.69, 9.17) is 0 Å². The van der Waals surface area contributed by atoms with Gasteiger partial charge in [0.1, 0.15) is 5.82 Å². The molecule has 0 N–H and O–H groups in total. The van der Waals surface area contributed by atoms with Crippen molar-refractivity contribution in [3.05, 3.63) is 93.7 Å². The summed E-state index contributed by atoms with van der Waals surface area (Å²) in [6, 6.07) is 19.3. The summed E-state index contributed by atoms with van der Waals surface area (Å²) in [5.41, 5.74) is 4.48. The first-order chi connectivity index (χ1) is 17.1. The minimum absolute atomic E-state index is 0.0237. The molecule has 35 heavy (non-hydrogen) atoms. The van der Waals surface area contributed by atoms with Gasteiger partial charge in [-0.3, -0.25) is 14.9 Å². The van der Waals surface area contributed by atoms with Crippen LogP contribution < -0.4 is 9.80 Å². The number of hydrogen-bond donors (Lipinski definition) is 0. The molecule has 3 aliphatic rings. The van der Waals surface area contributed by atoms with Crippen LogP contribution in [-0.2, 0) is 24.2 Å². The lowest BCUT2D eigenvalue weighted by atomic mass is 9.82. The predicted octanol–water partition coefficient (Wildman–Crippen LogP) is 3.44. The van der Waals surface area contributed by atoms with Gasteiger partial charge in [-0.15, -0.1) is 0 Å². The number of piperazine rings is 1. The summed E-state index contributed by atoms with van der Waals surface area (Å²) in [7, 11) is 0. The van der Waals surface area contributed by atoms with Gasteiger partial charge in [0.05, 0.1) is 16.9 Å². The van der Waals surface area contributed by atoms with Crippen LogP contribution in [0.15, 0.2) is 66.9 Å². The molecular formula is C27H27N5O3. The quantitative estimate of drug-likeness (QED) is 0.432. The summed E-state index contributed by atoms with van der Waals surface area (Å²) in [6.45, 7) is 3.52. The van der Waals surface area contributed by atoms with E-state index in [0.717, 1.165) is 36.6 Å². The fourth-order valence-electron chi connectivity index (χ4n) is 5.87. The molecule has 4 heterocycles. The van der Waals surface area contributed by atoms with Crippen molar-refractivity contribution in [2.24, 2.45) is 5.92 Å². The molecule has 2 atom stereocenters. The molecule has 0 saturated carbocycles. The minimum atomic E-state index is -0.357. The Labute approximate surface area is 203 Å². The molecule has 8 nitrogen and oxygen atoms in total. The Hall–Kier alpha value is -3.94. The van der Waals surface area contributed by atoms with Gasteiger partial charge in [-0.1, -0.05) is 30.3 Å². The standard InChI is InChI=1S/C27H27N5O3/c33-27(30-12-10-19-5-1-2-6-20(19)17-30)23-16-21-15-22(32(34)35)8-9-24(21)31-14-13-29(18-25(23)31)26-7-3-4-11-28-26/h1-9,11,15,23,25H,10,12-14,16-18H2. The van der Waals surface area contributed by atoms with Crippen molar-refractivity contribution >= 4 is 23.1 Å².